The van der Waals surface area contributed by atoms with Crippen molar-refractivity contribution in [3.63, 3.8) is 0 Å². The molecule has 0 bridgehead atoms. The number of amides is 1. The van der Waals surface area contributed by atoms with Crippen molar-refractivity contribution in [3.05, 3.63) is 89.4 Å². The molecule has 1 amide bonds. The van der Waals surface area contributed by atoms with Gasteiger partial charge < -0.3 is 5.11 Å². The molecular formula is C24H24ClNO4S2. The summed E-state index contributed by atoms with van der Waals surface area (Å²) in [5.41, 5.74) is 2.63. The van der Waals surface area contributed by atoms with E-state index in [0.717, 1.165) is 22.3 Å². The van der Waals surface area contributed by atoms with E-state index in [2.05, 4.69) is 0 Å². The zero-order chi connectivity index (χ0) is 23.1. The van der Waals surface area contributed by atoms with E-state index in [0.29, 0.717) is 16.3 Å². The lowest BCUT2D eigenvalue weighted by Crippen LogP contribution is -2.36. The molecule has 0 spiro atoms. The highest BCUT2D eigenvalue weighted by Crippen LogP contribution is 2.29. The Morgan fingerprint density at radius 3 is 2.09 bits per heavy atom. The summed E-state index contributed by atoms with van der Waals surface area (Å²) in [6, 6.07) is 24.4. The highest BCUT2D eigenvalue weighted by Gasteiger charge is 2.25. The number of aliphatic hydroxyl groups excluding tert-OH is 1. The molecule has 0 radical (unpaired) electrons. The van der Waals surface area contributed by atoms with Gasteiger partial charge in [-0.25, -0.2) is 8.42 Å². The lowest BCUT2D eigenvalue weighted by Gasteiger charge is -2.20. The van der Waals surface area contributed by atoms with E-state index in [1.165, 1.54) is 11.8 Å². The first-order valence-corrected chi connectivity index (χ1v) is 13.2. The zero-order valence-electron chi connectivity index (χ0n) is 17.4. The van der Waals surface area contributed by atoms with Crippen molar-refractivity contribution in [2.24, 2.45) is 5.92 Å². The number of rotatable bonds is 9. The van der Waals surface area contributed by atoms with Crippen LogP contribution in [-0.4, -0.2) is 31.4 Å². The second-order valence-corrected chi connectivity index (χ2v) is 10.7. The van der Waals surface area contributed by atoms with Gasteiger partial charge in [0.1, 0.15) is 0 Å². The fourth-order valence-electron chi connectivity index (χ4n) is 3.18. The first kappa shape index (κ1) is 24.3. The number of hydrogen-bond donors (Lipinski definition) is 2. The van der Waals surface area contributed by atoms with Gasteiger partial charge in [-0.1, -0.05) is 66.2 Å². The Kier molecular flexibility index (Phi) is 8.37. The van der Waals surface area contributed by atoms with Crippen molar-refractivity contribution in [2.45, 2.75) is 17.4 Å². The number of thioether (sulfide) groups is 1. The zero-order valence-corrected chi connectivity index (χ0v) is 19.8. The Hall–Kier alpha value is -2.32. The Labute approximate surface area is 197 Å². The fraction of sp³-hybridized carbons (Fsp3) is 0.208. The minimum Gasteiger partial charge on any atom is -0.388 e. The second kappa shape index (κ2) is 11.0. The predicted octanol–water partition coefficient (Wildman–Crippen LogP) is 4.91. The van der Waals surface area contributed by atoms with Crippen LogP contribution in [0.2, 0.25) is 5.02 Å². The van der Waals surface area contributed by atoms with E-state index in [1.807, 2.05) is 83.6 Å². The molecule has 0 heterocycles. The molecule has 3 aromatic carbocycles. The number of sulfonamides is 1. The smallest absolute Gasteiger partial charge is 0.237 e. The first-order chi connectivity index (χ1) is 15.2. The third-order valence-electron chi connectivity index (χ3n) is 4.83. The van der Waals surface area contributed by atoms with E-state index in [4.69, 9.17) is 11.6 Å². The summed E-state index contributed by atoms with van der Waals surface area (Å²) >= 11 is 7.38. The van der Waals surface area contributed by atoms with Crippen LogP contribution in [0.5, 0.6) is 0 Å². The van der Waals surface area contributed by atoms with Crippen LogP contribution < -0.4 is 4.72 Å². The van der Waals surface area contributed by atoms with Gasteiger partial charge in [0.15, 0.2) is 0 Å². The van der Waals surface area contributed by atoms with Gasteiger partial charge >= 0.3 is 0 Å². The van der Waals surface area contributed by atoms with Crippen molar-refractivity contribution in [2.75, 3.05) is 12.0 Å². The molecule has 0 aliphatic heterocycles. The van der Waals surface area contributed by atoms with Gasteiger partial charge in [0.2, 0.25) is 15.9 Å². The normalized spacial score (nSPS) is 13.3. The highest BCUT2D eigenvalue weighted by atomic mass is 35.5. The van der Waals surface area contributed by atoms with Crippen LogP contribution in [0.4, 0.5) is 0 Å². The van der Waals surface area contributed by atoms with Crippen molar-refractivity contribution in [3.8, 4) is 11.1 Å². The summed E-state index contributed by atoms with van der Waals surface area (Å²) in [5, 5.41) is 11.4. The summed E-state index contributed by atoms with van der Waals surface area (Å²) in [7, 11) is -3.69. The van der Waals surface area contributed by atoms with Crippen LogP contribution in [0, 0.1) is 5.92 Å². The molecule has 8 heteroatoms. The Bertz CT molecular complexity index is 1130. The van der Waals surface area contributed by atoms with Crippen LogP contribution in [0.1, 0.15) is 18.1 Å². The largest absolute Gasteiger partial charge is 0.388 e. The average molecular weight is 490 g/mol. The maximum atomic E-state index is 12.6. The van der Waals surface area contributed by atoms with Crippen molar-refractivity contribution in [1.29, 1.82) is 0 Å². The van der Waals surface area contributed by atoms with Gasteiger partial charge in [-0.15, -0.1) is 11.8 Å². The lowest BCUT2D eigenvalue weighted by atomic mass is 9.96. The number of carbonyl (C=O) groups is 1. The molecule has 0 fully saturated rings. The minimum absolute atomic E-state index is 0.0987. The summed E-state index contributed by atoms with van der Waals surface area (Å²) in [5.74, 6) is -0.973. The molecule has 3 aromatic rings. The predicted molar refractivity (Wildman–Crippen MR) is 130 cm³/mol. The molecule has 2 atom stereocenters. The number of benzene rings is 3. The maximum Gasteiger partial charge on any atom is 0.237 e. The molecule has 5 nitrogen and oxygen atoms in total. The van der Waals surface area contributed by atoms with Gasteiger partial charge in [0.25, 0.3) is 0 Å². The number of nitrogens with one attached hydrogen (secondary N) is 1. The molecule has 3 rings (SSSR count). The van der Waals surface area contributed by atoms with Crippen LogP contribution >= 0.6 is 23.4 Å². The topological polar surface area (TPSA) is 83.5 Å². The molecule has 168 valence electrons. The van der Waals surface area contributed by atoms with Crippen molar-refractivity contribution in [1.82, 2.24) is 4.72 Å². The van der Waals surface area contributed by atoms with Gasteiger partial charge in [0.05, 0.1) is 18.3 Å². The molecule has 0 aliphatic carbocycles. The molecule has 0 aromatic heterocycles. The standard InChI is InChI=1S/C24H24ClNO4S2/c1-32(29,30)26-24(28)20(16-31-22-5-3-2-4-6-22)15-23(27)19-9-7-17(8-10-19)18-11-13-21(25)14-12-18/h2-14,20,23,27H,15-16H2,1H3,(H,26,28)/t20-,23?/m1/s1. The van der Waals surface area contributed by atoms with Gasteiger partial charge in [0, 0.05) is 15.7 Å². The van der Waals surface area contributed by atoms with Crippen LogP contribution in [0.25, 0.3) is 11.1 Å². The monoisotopic (exact) mass is 489 g/mol. The van der Waals surface area contributed by atoms with Crippen molar-refractivity contribution < 1.29 is 18.3 Å². The summed E-state index contributed by atoms with van der Waals surface area (Å²) in [6.45, 7) is 0. The van der Waals surface area contributed by atoms with E-state index in [9.17, 15) is 18.3 Å². The first-order valence-electron chi connectivity index (χ1n) is 9.95. The molecule has 0 saturated heterocycles. The van der Waals surface area contributed by atoms with Gasteiger partial charge in [-0.05, 0) is 47.4 Å². The van der Waals surface area contributed by atoms with E-state index >= 15 is 0 Å². The molecule has 32 heavy (non-hydrogen) atoms. The Morgan fingerprint density at radius 2 is 1.53 bits per heavy atom. The SMILES string of the molecule is CS(=O)(=O)NC(=O)[C@@H](CSc1ccccc1)CC(O)c1ccc(-c2ccc(Cl)cc2)cc1. The molecule has 1 unspecified atom stereocenters. The number of carbonyl (C=O) groups excluding carboxylic acids is 1. The summed E-state index contributed by atoms with van der Waals surface area (Å²) in [6.07, 6.45) is 0.126. The number of halogens is 1. The highest BCUT2D eigenvalue weighted by molar-refractivity contribution is 7.99. The van der Waals surface area contributed by atoms with E-state index in [-0.39, 0.29) is 6.42 Å². The molecule has 0 aliphatic rings. The molecular weight excluding hydrogens is 466 g/mol. The van der Waals surface area contributed by atoms with Crippen LogP contribution in [0.3, 0.4) is 0 Å². The number of aliphatic hydroxyl groups is 1. The Balaban J connectivity index is 1.72. The Morgan fingerprint density at radius 1 is 0.969 bits per heavy atom. The molecule has 0 saturated carbocycles. The summed E-state index contributed by atoms with van der Waals surface area (Å²) < 4.78 is 25.2. The summed E-state index contributed by atoms with van der Waals surface area (Å²) in [4.78, 5) is 13.6. The van der Waals surface area contributed by atoms with Crippen LogP contribution in [-0.2, 0) is 14.8 Å². The van der Waals surface area contributed by atoms with E-state index < -0.39 is 28.0 Å². The molecule has 2 N–H and O–H groups in total. The second-order valence-electron chi connectivity index (χ2n) is 7.44. The quantitative estimate of drug-likeness (QED) is 0.417. The fourth-order valence-corrected chi connectivity index (χ4v) is 4.86. The van der Waals surface area contributed by atoms with Crippen molar-refractivity contribution >= 4 is 39.3 Å². The van der Waals surface area contributed by atoms with Gasteiger partial charge in [-0.2, -0.15) is 0 Å². The lowest BCUT2D eigenvalue weighted by molar-refractivity contribution is -0.123. The minimum atomic E-state index is -3.69. The third-order valence-corrected chi connectivity index (χ3v) is 6.83. The van der Waals surface area contributed by atoms with Gasteiger partial charge in [-0.3, -0.25) is 9.52 Å². The maximum absolute atomic E-state index is 12.6. The third kappa shape index (κ3) is 7.38. The van der Waals surface area contributed by atoms with Crippen LogP contribution in [0.15, 0.2) is 83.8 Å². The average Bonchev–Trinajstić information content (AvgIpc) is 2.76. The number of hydrogen-bond acceptors (Lipinski definition) is 5. The van der Waals surface area contributed by atoms with E-state index in [1.54, 1.807) is 0 Å².